The highest BCUT2D eigenvalue weighted by Gasteiger charge is 2.42. The van der Waals surface area contributed by atoms with Crippen LogP contribution in [0.2, 0.25) is 0 Å². The van der Waals surface area contributed by atoms with Gasteiger partial charge in [-0.25, -0.2) is 0 Å². The Kier molecular flexibility index (Phi) is 5.03. The fourth-order valence-electron chi connectivity index (χ4n) is 4.10. The summed E-state index contributed by atoms with van der Waals surface area (Å²) < 4.78 is 22.7. The minimum atomic E-state index is -1.02. The first-order valence-corrected chi connectivity index (χ1v) is 9.75. The van der Waals surface area contributed by atoms with Gasteiger partial charge >= 0.3 is 0 Å². The normalized spacial score (nSPS) is 23.6. The standard InChI is InChI=1S/C23H26O7/c1-23(2)8-7-12-16(30-23)6-5-13-21(26)20(19(11-24)29-22(12)13)14-9-17(27-3)18(28-4)10-15(14)25/h5-10,19-21,24-26H,11H2,1-4H3. The second kappa shape index (κ2) is 7.41. The lowest BCUT2D eigenvalue weighted by Crippen LogP contribution is -2.38. The number of hydrogen-bond donors (Lipinski definition) is 3. The molecule has 0 aromatic heterocycles. The molecule has 4 rings (SSSR count). The number of hydrogen-bond acceptors (Lipinski definition) is 7. The van der Waals surface area contributed by atoms with Gasteiger partial charge in [0.15, 0.2) is 11.5 Å². The van der Waals surface area contributed by atoms with Gasteiger partial charge in [0.1, 0.15) is 29.0 Å². The molecule has 3 N–H and O–H groups in total. The minimum absolute atomic E-state index is 0.0786. The number of aromatic hydroxyl groups is 1. The molecule has 2 aliphatic heterocycles. The van der Waals surface area contributed by atoms with Gasteiger partial charge in [-0.2, -0.15) is 0 Å². The molecule has 0 fully saturated rings. The Morgan fingerprint density at radius 1 is 1.07 bits per heavy atom. The third-order valence-corrected chi connectivity index (χ3v) is 5.61. The molecule has 0 radical (unpaired) electrons. The van der Waals surface area contributed by atoms with Crippen LogP contribution in [-0.4, -0.2) is 47.9 Å². The Morgan fingerprint density at radius 3 is 2.43 bits per heavy atom. The third kappa shape index (κ3) is 3.24. The molecule has 3 atom stereocenters. The SMILES string of the molecule is COc1cc(O)c(C2C(CO)Oc3c(ccc4c3C=CC(C)(C)O4)C2O)cc1OC. The molecule has 7 nitrogen and oxygen atoms in total. The number of aliphatic hydroxyl groups is 2. The van der Waals surface area contributed by atoms with Crippen molar-refractivity contribution in [2.75, 3.05) is 20.8 Å². The van der Waals surface area contributed by atoms with E-state index in [2.05, 4.69) is 0 Å². The zero-order chi connectivity index (χ0) is 21.6. The summed E-state index contributed by atoms with van der Waals surface area (Å²) in [5, 5.41) is 31.9. The molecule has 0 saturated heterocycles. The minimum Gasteiger partial charge on any atom is -0.508 e. The molecule has 0 aliphatic carbocycles. The van der Waals surface area contributed by atoms with Crippen molar-refractivity contribution >= 4 is 6.08 Å². The number of fused-ring (bicyclic) bond motifs is 3. The van der Waals surface area contributed by atoms with E-state index in [4.69, 9.17) is 18.9 Å². The van der Waals surface area contributed by atoms with E-state index in [9.17, 15) is 15.3 Å². The van der Waals surface area contributed by atoms with Gasteiger partial charge in [0.25, 0.3) is 0 Å². The smallest absolute Gasteiger partial charge is 0.164 e. The Labute approximate surface area is 175 Å². The topological polar surface area (TPSA) is 97.6 Å². The molecule has 2 heterocycles. The van der Waals surface area contributed by atoms with Crippen LogP contribution in [0.25, 0.3) is 6.08 Å². The van der Waals surface area contributed by atoms with Crippen molar-refractivity contribution in [3.05, 3.63) is 47.0 Å². The first-order chi connectivity index (χ1) is 14.3. The van der Waals surface area contributed by atoms with E-state index in [0.717, 1.165) is 5.56 Å². The zero-order valence-electron chi connectivity index (χ0n) is 17.4. The van der Waals surface area contributed by atoms with Crippen LogP contribution in [-0.2, 0) is 0 Å². The van der Waals surface area contributed by atoms with Crippen LogP contribution in [0.4, 0.5) is 0 Å². The van der Waals surface area contributed by atoms with Gasteiger partial charge in [0.05, 0.1) is 38.4 Å². The monoisotopic (exact) mass is 414 g/mol. The fourth-order valence-corrected chi connectivity index (χ4v) is 4.10. The van der Waals surface area contributed by atoms with Gasteiger partial charge in [-0.15, -0.1) is 0 Å². The first-order valence-electron chi connectivity index (χ1n) is 9.75. The molecule has 30 heavy (non-hydrogen) atoms. The summed E-state index contributed by atoms with van der Waals surface area (Å²) in [6.45, 7) is 3.55. The Hall–Kier alpha value is -2.90. The van der Waals surface area contributed by atoms with Crippen LogP contribution in [0.5, 0.6) is 28.7 Å². The van der Waals surface area contributed by atoms with E-state index in [1.807, 2.05) is 26.0 Å². The second-order valence-electron chi connectivity index (χ2n) is 8.01. The van der Waals surface area contributed by atoms with Crippen molar-refractivity contribution in [1.29, 1.82) is 0 Å². The number of ether oxygens (including phenoxy) is 4. The van der Waals surface area contributed by atoms with Crippen LogP contribution in [0.3, 0.4) is 0 Å². The van der Waals surface area contributed by atoms with Gasteiger partial charge < -0.3 is 34.3 Å². The van der Waals surface area contributed by atoms with Crippen molar-refractivity contribution in [3.63, 3.8) is 0 Å². The number of methoxy groups -OCH3 is 2. The van der Waals surface area contributed by atoms with Gasteiger partial charge in [0.2, 0.25) is 0 Å². The number of benzene rings is 2. The summed E-state index contributed by atoms with van der Waals surface area (Å²) in [6, 6.07) is 6.59. The summed E-state index contributed by atoms with van der Waals surface area (Å²) in [6.07, 6.45) is 2.02. The molecule has 0 bridgehead atoms. The van der Waals surface area contributed by atoms with Crippen molar-refractivity contribution < 1.29 is 34.3 Å². The molecule has 7 heteroatoms. The van der Waals surface area contributed by atoms with Gasteiger partial charge in [-0.3, -0.25) is 0 Å². The number of rotatable bonds is 4. The lowest BCUT2D eigenvalue weighted by atomic mass is 9.81. The molecular weight excluding hydrogens is 388 g/mol. The van der Waals surface area contributed by atoms with E-state index in [-0.39, 0.29) is 12.4 Å². The van der Waals surface area contributed by atoms with E-state index in [0.29, 0.717) is 34.1 Å². The molecule has 0 spiro atoms. The molecule has 2 aliphatic rings. The highest BCUT2D eigenvalue weighted by Crippen LogP contribution is 2.51. The summed E-state index contributed by atoms with van der Waals surface area (Å²) in [4.78, 5) is 0. The molecule has 2 aromatic carbocycles. The van der Waals surface area contributed by atoms with Gasteiger partial charge in [0, 0.05) is 17.2 Å². The van der Waals surface area contributed by atoms with Gasteiger partial charge in [-0.05, 0) is 44.2 Å². The largest absolute Gasteiger partial charge is 0.508 e. The quantitative estimate of drug-likeness (QED) is 0.707. The summed E-state index contributed by atoms with van der Waals surface area (Å²) in [5.41, 5.74) is 1.24. The van der Waals surface area contributed by atoms with Crippen molar-refractivity contribution in [1.82, 2.24) is 0 Å². The molecule has 2 aromatic rings. The Morgan fingerprint density at radius 2 is 1.77 bits per heavy atom. The molecule has 0 amide bonds. The highest BCUT2D eigenvalue weighted by molar-refractivity contribution is 5.70. The average molecular weight is 414 g/mol. The maximum Gasteiger partial charge on any atom is 0.164 e. The van der Waals surface area contributed by atoms with E-state index < -0.39 is 23.7 Å². The Balaban J connectivity index is 1.81. The highest BCUT2D eigenvalue weighted by atomic mass is 16.5. The predicted molar refractivity (Wildman–Crippen MR) is 111 cm³/mol. The third-order valence-electron chi connectivity index (χ3n) is 5.61. The fraction of sp³-hybridized carbons (Fsp3) is 0.391. The lowest BCUT2D eigenvalue weighted by Gasteiger charge is -2.39. The molecule has 160 valence electrons. The summed E-state index contributed by atoms with van der Waals surface area (Å²) in [5.74, 6) is 1.10. The summed E-state index contributed by atoms with van der Waals surface area (Å²) >= 11 is 0. The molecule has 3 unspecified atom stereocenters. The molecule has 0 saturated carbocycles. The maximum absolute atomic E-state index is 11.3. The van der Waals surface area contributed by atoms with Crippen molar-refractivity contribution in [2.45, 2.75) is 37.6 Å². The lowest BCUT2D eigenvalue weighted by molar-refractivity contribution is 0.00796. The van der Waals surface area contributed by atoms with Gasteiger partial charge in [-0.1, -0.05) is 0 Å². The van der Waals surface area contributed by atoms with Crippen LogP contribution in [0.1, 0.15) is 42.6 Å². The maximum atomic E-state index is 11.3. The van der Waals surface area contributed by atoms with Crippen LogP contribution in [0, 0.1) is 0 Å². The predicted octanol–water partition coefficient (Wildman–Crippen LogP) is 3.16. The zero-order valence-corrected chi connectivity index (χ0v) is 17.4. The number of phenolic OH excluding ortho intramolecular Hbond substituents is 1. The van der Waals surface area contributed by atoms with Crippen LogP contribution < -0.4 is 18.9 Å². The van der Waals surface area contributed by atoms with E-state index >= 15 is 0 Å². The molecular formula is C23H26O7. The van der Waals surface area contributed by atoms with E-state index in [1.54, 1.807) is 18.2 Å². The van der Waals surface area contributed by atoms with Crippen LogP contribution >= 0.6 is 0 Å². The second-order valence-corrected chi connectivity index (χ2v) is 8.01. The van der Waals surface area contributed by atoms with Crippen molar-refractivity contribution in [2.24, 2.45) is 0 Å². The van der Waals surface area contributed by atoms with E-state index in [1.165, 1.54) is 20.3 Å². The van der Waals surface area contributed by atoms with Crippen molar-refractivity contribution in [3.8, 4) is 28.7 Å². The Bertz CT molecular complexity index is 996. The first kappa shape index (κ1) is 20.4. The number of aliphatic hydroxyl groups excluding tert-OH is 2. The average Bonchev–Trinajstić information content (AvgIpc) is 2.72. The number of phenols is 1. The summed E-state index contributed by atoms with van der Waals surface area (Å²) in [7, 11) is 2.97. The van der Waals surface area contributed by atoms with Crippen LogP contribution in [0.15, 0.2) is 30.3 Å².